The second kappa shape index (κ2) is 9.05. The highest BCUT2D eigenvalue weighted by atomic mass is 19.3. The van der Waals surface area contributed by atoms with E-state index < -0.39 is 11.8 Å². The third-order valence-electron chi connectivity index (χ3n) is 7.38. The third-order valence-corrected chi connectivity index (χ3v) is 7.38. The lowest BCUT2D eigenvalue weighted by Gasteiger charge is -2.38. The summed E-state index contributed by atoms with van der Waals surface area (Å²) >= 11 is 0. The summed E-state index contributed by atoms with van der Waals surface area (Å²) in [5.74, 6) is 0.328. The quantitative estimate of drug-likeness (QED) is 0.713. The summed E-state index contributed by atoms with van der Waals surface area (Å²) in [4.78, 5) is 29.0. The monoisotopic (exact) mass is 431 g/mol. The summed E-state index contributed by atoms with van der Waals surface area (Å²) in [5, 5.41) is 0.238. The van der Waals surface area contributed by atoms with E-state index >= 15 is 0 Å². The van der Waals surface area contributed by atoms with Crippen molar-refractivity contribution in [2.75, 3.05) is 0 Å². The molecule has 5 nitrogen and oxygen atoms in total. The van der Waals surface area contributed by atoms with E-state index in [0.29, 0.717) is 11.4 Å². The van der Waals surface area contributed by atoms with Crippen LogP contribution in [0.2, 0.25) is 0 Å². The number of carbonyl (C=O) groups is 1. The molecule has 31 heavy (non-hydrogen) atoms. The van der Waals surface area contributed by atoms with E-state index in [-0.39, 0.29) is 29.4 Å². The topological polar surface area (TPSA) is 88.8 Å². The second-order valence-corrected chi connectivity index (χ2v) is 9.51. The minimum Gasteiger partial charge on any atom is -0.364 e. The molecular weight excluding hydrogens is 400 g/mol. The van der Waals surface area contributed by atoms with Crippen LogP contribution in [-0.2, 0) is 0 Å². The largest absolute Gasteiger partial charge is 0.364 e. The van der Waals surface area contributed by atoms with Crippen molar-refractivity contribution in [1.29, 1.82) is 0 Å². The number of aromatic amines is 1. The molecule has 168 valence electrons. The van der Waals surface area contributed by atoms with Crippen molar-refractivity contribution < 1.29 is 13.6 Å². The number of pyridine rings is 2. The Hall–Kier alpha value is -2.31. The number of alkyl halides is 2. The van der Waals surface area contributed by atoms with Gasteiger partial charge < -0.3 is 10.7 Å². The summed E-state index contributed by atoms with van der Waals surface area (Å²) in [6, 6.07) is 2.94. The number of halogens is 2. The molecule has 0 saturated heterocycles. The number of nitrogens with two attached hydrogens (primary N) is 1. The molecule has 2 aromatic heterocycles. The first-order valence-electron chi connectivity index (χ1n) is 11.5. The van der Waals surface area contributed by atoms with Gasteiger partial charge in [0, 0.05) is 31.3 Å². The van der Waals surface area contributed by atoms with Gasteiger partial charge >= 0.3 is 0 Å². The number of primary amides is 1. The average molecular weight is 432 g/mol. The van der Waals surface area contributed by atoms with Crippen LogP contribution in [0, 0.1) is 23.7 Å². The molecule has 0 spiro atoms. The molecule has 2 heterocycles. The van der Waals surface area contributed by atoms with Gasteiger partial charge in [0.25, 0.3) is 5.91 Å². The summed E-state index contributed by atoms with van der Waals surface area (Å²) in [6.45, 7) is 0. The Morgan fingerprint density at radius 3 is 2.26 bits per heavy atom. The fourth-order valence-corrected chi connectivity index (χ4v) is 5.53. The minimum atomic E-state index is -2.35. The average Bonchev–Trinajstić information content (AvgIpc) is 3.60. The number of amides is 1. The number of carbonyl (C=O) groups excluding carboxylic acids is 1. The summed E-state index contributed by atoms with van der Waals surface area (Å²) in [7, 11) is 0. The predicted octanol–water partition coefficient (Wildman–Crippen LogP) is 5.05. The molecule has 3 saturated carbocycles. The van der Waals surface area contributed by atoms with Gasteiger partial charge in [-0.15, -0.1) is 0 Å². The van der Waals surface area contributed by atoms with Gasteiger partial charge in [-0.1, -0.05) is 19.3 Å². The number of H-pyrrole nitrogens is 1. The van der Waals surface area contributed by atoms with Crippen LogP contribution in [0.1, 0.15) is 74.7 Å². The van der Waals surface area contributed by atoms with Gasteiger partial charge in [0.1, 0.15) is 5.69 Å². The summed E-state index contributed by atoms with van der Waals surface area (Å²) in [5.41, 5.74) is 5.39. The van der Waals surface area contributed by atoms with Gasteiger partial charge in [0.05, 0.1) is 10.9 Å². The van der Waals surface area contributed by atoms with Crippen molar-refractivity contribution >= 4 is 16.8 Å². The Morgan fingerprint density at radius 2 is 1.65 bits per heavy atom. The zero-order valence-electron chi connectivity index (χ0n) is 17.8. The van der Waals surface area contributed by atoms with Crippen LogP contribution in [0.4, 0.5) is 8.78 Å². The van der Waals surface area contributed by atoms with Crippen LogP contribution >= 0.6 is 0 Å². The number of nitrogens with zero attached hydrogens (tertiary/aromatic N) is 1. The molecule has 2 aromatic rings. The smallest absolute Gasteiger partial charge is 0.268 e. The van der Waals surface area contributed by atoms with Crippen LogP contribution in [0.3, 0.4) is 0 Å². The molecule has 3 N–H and O–H groups in total. The van der Waals surface area contributed by atoms with Crippen molar-refractivity contribution in [3.05, 3.63) is 40.4 Å². The second-order valence-electron chi connectivity index (χ2n) is 9.51. The zero-order chi connectivity index (χ0) is 22.0. The van der Waals surface area contributed by atoms with Gasteiger partial charge in [-0.25, -0.2) is 8.78 Å². The Morgan fingerprint density at radius 1 is 1.00 bits per heavy atom. The first-order valence-corrected chi connectivity index (χ1v) is 11.5. The lowest BCUT2D eigenvalue weighted by molar-refractivity contribution is -0.0557. The number of hydrogen-bond donors (Lipinski definition) is 2. The van der Waals surface area contributed by atoms with Gasteiger partial charge in [0.2, 0.25) is 5.92 Å². The van der Waals surface area contributed by atoms with E-state index in [4.69, 9.17) is 5.73 Å². The molecule has 3 fully saturated rings. The van der Waals surface area contributed by atoms with E-state index in [1.54, 1.807) is 6.07 Å². The number of rotatable bonds is 3. The van der Waals surface area contributed by atoms with Crippen LogP contribution in [0.15, 0.2) is 29.3 Å². The highest BCUT2D eigenvalue weighted by Crippen LogP contribution is 2.49. The Labute approximate surface area is 180 Å². The molecule has 3 aliphatic rings. The number of hydrogen-bond acceptors (Lipinski definition) is 3. The minimum absolute atomic E-state index is 0.00403. The van der Waals surface area contributed by atoms with Gasteiger partial charge in [-0.2, -0.15) is 0 Å². The lowest BCUT2D eigenvalue weighted by Crippen LogP contribution is -2.31. The highest BCUT2D eigenvalue weighted by Gasteiger charge is 2.41. The summed E-state index contributed by atoms with van der Waals surface area (Å²) < 4.78 is 26.3. The van der Waals surface area contributed by atoms with Crippen molar-refractivity contribution in [2.24, 2.45) is 29.4 Å². The van der Waals surface area contributed by atoms with E-state index in [9.17, 15) is 18.4 Å². The maximum absolute atomic E-state index is 13.2. The Balaban J connectivity index is 0.000000152. The SMILES string of the molecule is FC1(F)CCC(C2CCCC(C3CC3)C2)CC1.NC(=O)c1nccc2[nH]ccc(=O)c12. The van der Waals surface area contributed by atoms with Crippen LogP contribution in [0.5, 0.6) is 0 Å². The van der Waals surface area contributed by atoms with Gasteiger partial charge in [-0.3, -0.25) is 14.6 Å². The zero-order valence-corrected chi connectivity index (χ0v) is 17.8. The van der Waals surface area contributed by atoms with Gasteiger partial charge in [-0.05, 0) is 61.8 Å². The molecule has 1 amide bonds. The number of nitrogens with one attached hydrogen (secondary N) is 1. The molecular formula is C24H31F2N3O2. The number of fused-ring (bicyclic) bond motifs is 1. The van der Waals surface area contributed by atoms with E-state index in [2.05, 4.69) is 9.97 Å². The molecule has 0 aliphatic heterocycles. The van der Waals surface area contributed by atoms with E-state index in [1.807, 2.05) is 0 Å². The maximum Gasteiger partial charge on any atom is 0.268 e. The van der Waals surface area contributed by atoms with Crippen molar-refractivity contribution in [3.63, 3.8) is 0 Å². The van der Waals surface area contributed by atoms with Crippen molar-refractivity contribution in [2.45, 2.75) is 70.1 Å². The molecule has 2 unspecified atom stereocenters. The Bertz CT molecular complexity index is 971. The van der Waals surface area contributed by atoms with E-state index in [0.717, 1.165) is 30.6 Å². The van der Waals surface area contributed by atoms with Crippen molar-refractivity contribution in [3.8, 4) is 0 Å². The molecule has 7 heteroatoms. The fourth-order valence-electron chi connectivity index (χ4n) is 5.53. The fraction of sp³-hybridized carbons (Fsp3) is 0.625. The van der Waals surface area contributed by atoms with Crippen LogP contribution in [0.25, 0.3) is 10.9 Å². The van der Waals surface area contributed by atoms with Crippen LogP contribution in [-0.4, -0.2) is 21.8 Å². The molecule has 3 aliphatic carbocycles. The molecule has 2 atom stereocenters. The molecule has 5 rings (SSSR count). The van der Waals surface area contributed by atoms with Crippen LogP contribution < -0.4 is 11.2 Å². The molecule has 0 radical (unpaired) electrons. The highest BCUT2D eigenvalue weighted by molar-refractivity contribution is 6.03. The van der Waals surface area contributed by atoms with E-state index in [1.165, 1.54) is 57.0 Å². The molecule has 0 bridgehead atoms. The number of aromatic nitrogens is 2. The lowest BCUT2D eigenvalue weighted by atomic mass is 9.69. The predicted molar refractivity (Wildman–Crippen MR) is 116 cm³/mol. The van der Waals surface area contributed by atoms with Gasteiger partial charge in [0.15, 0.2) is 5.43 Å². The molecule has 0 aromatic carbocycles. The maximum atomic E-state index is 13.2. The normalized spacial score (nSPS) is 26.1. The van der Waals surface area contributed by atoms with Crippen molar-refractivity contribution in [1.82, 2.24) is 9.97 Å². The third kappa shape index (κ3) is 5.31. The first kappa shape index (κ1) is 21.9. The summed E-state index contributed by atoms with van der Waals surface area (Å²) in [6.07, 6.45) is 13.2. The standard InChI is InChI=1S/C15H24F2.C9H7N3O2/c16-15(17)8-6-12(7-9-15)14-3-1-2-13(10-14)11-4-5-11;10-9(14)8-7-5(1-3-12-8)11-4-2-6(7)13/h11-14H,1-10H2;1-4H,(H2,10,14)(H,11,13). The first-order chi connectivity index (χ1) is 14.8. The Kier molecular flexibility index (Phi) is 6.39.